The summed E-state index contributed by atoms with van der Waals surface area (Å²) in [6.07, 6.45) is 3.85. The van der Waals surface area contributed by atoms with Crippen molar-refractivity contribution in [2.45, 2.75) is 38.1 Å². The third-order valence-electron chi connectivity index (χ3n) is 2.71. The van der Waals surface area contributed by atoms with Crippen molar-refractivity contribution >= 4 is 12.0 Å². The summed E-state index contributed by atoms with van der Waals surface area (Å²) >= 11 is 0. The summed E-state index contributed by atoms with van der Waals surface area (Å²) in [5.74, 6) is -0.489. The monoisotopic (exact) mass is 200 g/mol. The topological polar surface area (TPSA) is 92.4 Å². The second-order valence-corrected chi connectivity index (χ2v) is 3.73. The highest BCUT2D eigenvalue weighted by molar-refractivity contribution is 5.84. The van der Waals surface area contributed by atoms with Gasteiger partial charge < -0.3 is 16.2 Å². The summed E-state index contributed by atoms with van der Waals surface area (Å²) in [5, 5.41) is 10.7. The Balaban J connectivity index is 2.56. The van der Waals surface area contributed by atoms with Crippen molar-refractivity contribution in [2.24, 2.45) is 11.7 Å². The molecule has 1 saturated carbocycles. The molecule has 0 aromatic heterocycles. The van der Waals surface area contributed by atoms with Gasteiger partial charge >= 0.3 is 6.09 Å². The standard InChI is InChI=1S/C9H16N2O3/c10-8(12)7(11-9(13)14)6-4-2-1-3-5-6/h6-7,11H,1-5H2,(H2,10,12)(H,13,14). The molecule has 0 saturated heterocycles. The number of hydrogen-bond acceptors (Lipinski definition) is 2. The van der Waals surface area contributed by atoms with E-state index in [-0.39, 0.29) is 5.92 Å². The second kappa shape index (κ2) is 4.83. The van der Waals surface area contributed by atoms with E-state index in [0.29, 0.717) is 0 Å². The maximum Gasteiger partial charge on any atom is 0.405 e. The van der Waals surface area contributed by atoms with Crippen LogP contribution in [0.2, 0.25) is 0 Å². The third kappa shape index (κ3) is 2.90. The average molecular weight is 200 g/mol. The van der Waals surface area contributed by atoms with Crippen LogP contribution in [0.1, 0.15) is 32.1 Å². The van der Waals surface area contributed by atoms with Crippen LogP contribution in [0.5, 0.6) is 0 Å². The predicted molar refractivity (Wildman–Crippen MR) is 50.7 cm³/mol. The second-order valence-electron chi connectivity index (χ2n) is 3.73. The molecule has 0 radical (unpaired) electrons. The molecule has 2 amide bonds. The van der Waals surface area contributed by atoms with Gasteiger partial charge in [0.15, 0.2) is 0 Å². The molecular weight excluding hydrogens is 184 g/mol. The van der Waals surface area contributed by atoms with Crippen molar-refractivity contribution in [2.75, 3.05) is 0 Å². The molecule has 5 nitrogen and oxygen atoms in total. The molecule has 0 bridgehead atoms. The highest BCUT2D eigenvalue weighted by atomic mass is 16.4. The lowest BCUT2D eigenvalue weighted by atomic mass is 9.83. The van der Waals surface area contributed by atoms with Crippen LogP contribution < -0.4 is 11.1 Å². The number of carboxylic acid groups (broad SMARTS) is 1. The molecule has 0 spiro atoms. The van der Waals surface area contributed by atoms with Gasteiger partial charge in [-0.05, 0) is 18.8 Å². The Morgan fingerprint density at radius 2 is 1.86 bits per heavy atom. The Kier molecular flexibility index (Phi) is 3.73. The van der Waals surface area contributed by atoms with Crippen molar-refractivity contribution in [3.8, 4) is 0 Å². The number of hydrogen-bond donors (Lipinski definition) is 3. The lowest BCUT2D eigenvalue weighted by molar-refractivity contribution is -0.121. The Hall–Kier alpha value is -1.26. The Morgan fingerprint density at radius 1 is 1.29 bits per heavy atom. The molecule has 0 aliphatic heterocycles. The van der Waals surface area contributed by atoms with Crippen molar-refractivity contribution in [1.82, 2.24) is 5.32 Å². The van der Waals surface area contributed by atoms with Gasteiger partial charge in [-0.2, -0.15) is 0 Å². The van der Waals surface area contributed by atoms with Crippen LogP contribution in [0.4, 0.5) is 4.79 Å². The van der Waals surface area contributed by atoms with E-state index in [2.05, 4.69) is 5.32 Å². The number of amides is 2. The molecule has 1 fully saturated rings. The third-order valence-corrected chi connectivity index (χ3v) is 2.71. The normalized spacial score (nSPS) is 20.0. The van der Waals surface area contributed by atoms with Gasteiger partial charge in [-0.1, -0.05) is 19.3 Å². The number of primary amides is 1. The zero-order chi connectivity index (χ0) is 10.6. The van der Waals surface area contributed by atoms with Gasteiger partial charge in [-0.15, -0.1) is 0 Å². The van der Waals surface area contributed by atoms with Crippen LogP contribution in [0.15, 0.2) is 0 Å². The fraction of sp³-hybridized carbons (Fsp3) is 0.778. The van der Waals surface area contributed by atoms with E-state index in [1.54, 1.807) is 0 Å². The van der Waals surface area contributed by atoms with Crippen LogP contribution in [-0.4, -0.2) is 23.1 Å². The fourth-order valence-corrected chi connectivity index (χ4v) is 2.02. The summed E-state index contributed by atoms with van der Waals surface area (Å²) in [6.45, 7) is 0. The summed E-state index contributed by atoms with van der Waals surface area (Å²) < 4.78 is 0. The molecule has 0 heterocycles. The summed E-state index contributed by atoms with van der Waals surface area (Å²) in [4.78, 5) is 21.5. The Bertz CT molecular complexity index is 224. The van der Waals surface area contributed by atoms with Gasteiger partial charge in [0, 0.05) is 0 Å². The highest BCUT2D eigenvalue weighted by Gasteiger charge is 2.28. The molecule has 0 aromatic rings. The molecule has 80 valence electrons. The van der Waals surface area contributed by atoms with E-state index in [9.17, 15) is 9.59 Å². The maximum absolute atomic E-state index is 11.0. The van der Waals surface area contributed by atoms with E-state index >= 15 is 0 Å². The van der Waals surface area contributed by atoms with E-state index in [0.717, 1.165) is 32.1 Å². The lowest BCUT2D eigenvalue weighted by Gasteiger charge is -2.27. The quantitative estimate of drug-likeness (QED) is 0.625. The smallest absolute Gasteiger partial charge is 0.405 e. The molecule has 4 N–H and O–H groups in total. The minimum absolute atomic E-state index is 0.0809. The van der Waals surface area contributed by atoms with Gasteiger partial charge in [-0.25, -0.2) is 4.79 Å². The SMILES string of the molecule is NC(=O)C(NC(=O)O)C1CCCCC1. The van der Waals surface area contributed by atoms with Crippen LogP contribution in [0.3, 0.4) is 0 Å². The number of carbonyl (C=O) groups excluding carboxylic acids is 1. The first kappa shape index (κ1) is 10.8. The molecule has 1 rings (SSSR count). The number of nitrogens with two attached hydrogens (primary N) is 1. The molecule has 14 heavy (non-hydrogen) atoms. The zero-order valence-corrected chi connectivity index (χ0v) is 8.03. The van der Waals surface area contributed by atoms with Crippen molar-refractivity contribution in [3.05, 3.63) is 0 Å². The minimum atomic E-state index is -1.18. The van der Waals surface area contributed by atoms with Crippen LogP contribution in [0.25, 0.3) is 0 Å². The van der Waals surface area contributed by atoms with Crippen molar-refractivity contribution in [1.29, 1.82) is 0 Å². The van der Waals surface area contributed by atoms with Crippen LogP contribution in [-0.2, 0) is 4.79 Å². The van der Waals surface area contributed by atoms with E-state index in [4.69, 9.17) is 10.8 Å². The van der Waals surface area contributed by atoms with Gasteiger partial charge in [0.05, 0.1) is 0 Å². The van der Waals surface area contributed by atoms with Crippen molar-refractivity contribution < 1.29 is 14.7 Å². The minimum Gasteiger partial charge on any atom is -0.465 e. The van der Waals surface area contributed by atoms with Crippen molar-refractivity contribution in [3.63, 3.8) is 0 Å². The van der Waals surface area contributed by atoms with Crippen LogP contribution in [0, 0.1) is 5.92 Å². The van der Waals surface area contributed by atoms with E-state index < -0.39 is 18.0 Å². The first-order chi connectivity index (χ1) is 6.61. The zero-order valence-electron chi connectivity index (χ0n) is 8.03. The number of carbonyl (C=O) groups is 2. The Labute approximate surface area is 82.7 Å². The molecular formula is C9H16N2O3. The van der Waals surface area contributed by atoms with E-state index in [1.165, 1.54) is 0 Å². The maximum atomic E-state index is 11.0. The predicted octanol–water partition coefficient (Wildman–Crippen LogP) is 0.688. The highest BCUT2D eigenvalue weighted by Crippen LogP contribution is 2.26. The molecule has 1 aliphatic rings. The summed E-state index contributed by atoms with van der Waals surface area (Å²) in [7, 11) is 0. The fourth-order valence-electron chi connectivity index (χ4n) is 2.02. The first-order valence-electron chi connectivity index (χ1n) is 4.90. The first-order valence-corrected chi connectivity index (χ1v) is 4.90. The Morgan fingerprint density at radius 3 is 2.29 bits per heavy atom. The lowest BCUT2D eigenvalue weighted by Crippen LogP contribution is -2.49. The van der Waals surface area contributed by atoms with Gasteiger partial charge in [0.2, 0.25) is 5.91 Å². The largest absolute Gasteiger partial charge is 0.465 e. The molecule has 1 unspecified atom stereocenters. The molecule has 1 atom stereocenters. The molecule has 0 aromatic carbocycles. The number of rotatable bonds is 3. The summed E-state index contributed by atoms with van der Waals surface area (Å²) in [6, 6.07) is -0.715. The molecule has 5 heteroatoms. The van der Waals surface area contributed by atoms with Gasteiger partial charge in [-0.3, -0.25) is 4.79 Å². The van der Waals surface area contributed by atoms with Crippen LogP contribution >= 0.6 is 0 Å². The summed E-state index contributed by atoms with van der Waals surface area (Å²) in [5.41, 5.74) is 5.15. The van der Waals surface area contributed by atoms with Gasteiger partial charge in [0.1, 0.15) is 6.04 Å². The van der Waals surface area contributed by atoms with Gasteiger partial charge in [0.25, 0.3) is 0 Å². The van der Waals surface area contributed by atoms with E-state index in [1.807, 2.05) is 0 Å². The molecule has 1 aliphatic carbocycles. The number of nitrogens with one attached hydrogen (secondary N) is 1. The average Bonchev–Trinajstić information content (AvgIpc) is 2.15.